The number of aromatic nitrogens is 1. The zero-order valence-electron chi connectivity index (χ0n) is 14.4. The summed E-state index contributed by atoms with van der Waals surface area (Å²) in [7, 11) is 1.63. The smallest absolute Gasteiger partial charge is 0.425 e. The van der Waals surface area contributed by atoms with E-state index >= 15 is 0 Å². The number of hydrogen-bond donors (Lipinski definition) is 1. The predicted octanol–water partition coefficient (Wildman–Crippen LogP) is 3.35. The Morgan fingerprint density at radius 1 is 1.44 bits per heavy atom. The quantitative estimate of drug-likeness (QED) is 0.772. The normalized spacial score (nSPS) is 17.5. The minimum Gasteiger partial charge on any atom is -0.464 e. The molecule has 0 spiro atoms. The summed E-state index contributed by atoms with van der Waals surface area (Å²) in [5.41, 5.74) is 0.00792. The van der Waals surface area contributed by atoms with Crippen LogP contribution in [0.4, 0.5) is 13.2 Å². The average Bonchev–Trinajstić information content (AvgIpc) is 2.53. The van der Waals surface area contributed by atoms with Crippen molar-refractivity contribution in [1.82, 2.24) is 10.3 Å². The van der Waals surface area contributed by atoms with Crippen molar-refractivity contribution in [3.63, 3.8) is 0 Å². The molecule has 1 amide bonds. The largest absolute Gasteiger partial charge is 0.464 e. The van der Waals surface area contributed by atoms with Crippen molar-refractivity contribution < 1.29 is 27.4 Å². The summed E-state index contributed by atoms with van der Waals surface area (Å²) in [4.78, 5) is 16.2. The van der Waals surface area contributed by atoms with Crippen LogP contribution in [0.15, 0.2) is 18.3 Å². The first kappa shape index (κ1) is 19.5. The van der Waals surface area contributed by atoms with Gasteiger partial charge in [-0.05, 0) is 43.7 Å². The van der Waals surface area contributed by atoms with Crippen LogP contribution in [0.5, 0.6) is 5.88 Å². The summed E-state index contributed by atoms with van der Waals surface area (Å²) in [6, 6.07) is 2.90. The summed E-state index contributed by atoms with van der Waals surface area (Å²) < 4.78 is 48.0. The summed E-state index contributed by atoms with van der Waals surface area (Å²) in [5, 5.41) is 2.81. The number of alkyl halides is 3. The van der Waals surface area contributed by atoms with E-state index in [-0.39, 0.29) is 16.9 Å². The molecule has 0 unspecified atom stereocenters. The van der Waals surface area contributed by atoms with Crippen LogP contribution in [0.3, 0.4) is 0 Å². The van der Waals surface area contributed by atoms with Crippen molar-refractivity contribution in [2.24, 2.45) is 5.41 Å². The molecule has 1 heterocycles. The maximum atomic E-state index is 12.7. The number of pyridine rings is 1. The lowest BCUT2D eigenvalue weighted by Crippen LogP contribution is -2.43. The molecule has 0 saturated heterocycles. The molecule has 1 aromatic heterocycles. The fourth-order valence-electron chi connectivity index (χ4n) is 2.77. The number of hydrogen-bond acceptors (Lipinski definition) is 4. The molecule has 5 nitrogen and oxygen atoms in total. The molecule has 0 aromatic carbocycles. The van der Waals surface area contributed by atoms with E-state index < -0.39 is 18.2 Å². The average molecular weight is 360 g/mol. The third-order valence-corrected chi connectivity index (χ3v) is 4.64. The molecule has 0 radical (unpaired) electrons. The second kappa shape index (κ2) is 8.03. The van der Waals surface area contributed by atoms with Crippen molar-refractivity contribution in [2.45, 2.75) is 44.9 Å². The van der Waals surface area contributed by atoms with Gasteiger partial charge in [-0.15, -0.1) is 0 Å². The number of nitrogens with zero attached hydrogens (tertiary/aromatic N) is 1. The Morgan fingerprint density at radius 3 is 2.72 bits per heavy atom. The second-order valence-electron chi connectivity index (χ2n) is 6.44. The van der Waals surface area contributed by atoms with Gasteiger partial charge in [0.25, 0.3) is 5.91 Å². The minimum absolute atomic E-state index is 0.000171. The standard InChI is InChI=1S/C17H23F3N2O3/c1-12(17(18,19)20)25-15-13(5-3-9-21-15)14(23)22-11-16(6-4-7-16)8-10-24-2/h3,5,9,12H,4,6-8,10-11H2,1-2H3,(H,22,23)/t12-/m1/s1. The summed E-state index contributed by atoms with van der Waals surface area (Å²) in [5.74, 6) is -0.800. The van der Waals surface area contributed by atoms with Crippen molar-refractivity contribution >= 4 is 5.91 Å². The van der Waals surface area contributed by atoms with Crippen LogP contribution in [0.1, 0.15) is 43.0 Å². The van der Waals surface area contributed by atoms with Crippen molar-refractivity contribution in [3.8, 4) is 5.88 Å². The van der Waals surface area contributed by atoms with Gasteiger partial charge in [0.1, 0.15) is 5.56 Å². The predicted molar refractivity (Wildman–Crippen MR) is 85.5 cm³/mol. The first-order valence-electron chi connectivity index (χ1n) is 8.23. The highest BCUT2D eigenvalue weighted by Gasteiger charge is 2.39. The van der Waals surface area contributed by atoms with Crippen LogP contribution >= 0.6 is 0 Å². The van der Waals surface area contributed by atoms with Gasteiger partial charge in [-0.1, -0.05) is 6.42 Å². The van der Waals surface area contributed by atoms with Gasteiger partial charge in [0.05, 0.1) is 0 Å². The molecule has 1 aliphatic carbocycles. The number of halogens is 3. The van der Waals surface area contributed by atoms with Gasteiger partial charge in [-0.25, -0.2) is 4.98 Å². The van der Waals surface area contributed by atoms with E-state index in [0.717, 1.165) is 32.6 Å². The molecular weight excluding hydrogens is 337 g/mol. The minimum atomic E-state index is -4.53. The Balaban J connectivity index is 2.02. The lowest BCUT2D eigenvalue weighted by molar-refractivity contribution is -0.190. The van der Waals surface area contributed by atoms with Gasteiger partial charge in [0.15, 0.2) is 6.10 Å². The van der Waals surface area contributed by atoms with Gasteiger partial charge < -0.3 is 14.8 Å². The maximum absolute atomic E-state index is 12.7. The van der Waals surface area contributed by atoms with Crippen LogP contribution in [-0.2, 0) is 4.74 Å². The van der Waals surface area contributed by atoms with Crippen LogP contribution in [-0.4, -0.2) is 43.4 Å². The van der Waals surface area contributed by atoms with Crippen LogP contribution < -0.4 is 10.1 Å². The van der Waals surface area contributed by atoms with Gasteiger partial charge in [-0.3, -0.25) is 4.79 Å². The number of ether oxygens (including phenoxy) is 2. The number of amides is 1. The first-order chi connectivity index (χ1) is 11.8. The number of carbonyl (C=O) groups is 1. The molecule has 8 heteroatoms. The Bertz CT molecular complexity index is 589. The third-order valence-electron chi connectivity index (χ3n) is 4.64. The molecule has 1 fully saturated rings. The van der Waals surface area contributed by atoms with E-state index in [4.69, 9.17) is 9.47 Å². The zero-order chi connectivity index (χ0) is 18.5. The monoisotopic (exact) mass is 360 g/mol. The van der Waals surface area contributed by atoms with Crippen molar-refractivity contribution in [2.75, 3.05) is 20.3 Å². The Kier molecular flexibility index (Phi) is 6.26. The van der Waals surface area contributed by atoms with E-state index in [0.29, 0.717) is 13.2 Å². The number of nitrogens with one attached hydrogen (secondary N) is 1. The molecule has 1 N–H and O–H groups in total. The third kappa shape index (κ3) is 5.07. The van der Waals surface area contributed by atoms with Crippen molar-refractivity contribution in [1.29, 1.82) is 0 Å². The molecule has 1 aliphatic rings. The molecule has 0 aliphatic heterocycles. The van der Waals surface area contributed by atoms with Gasteiger partial charge in [0, 0.05) is 26.5 Å². The van der Waals surface area contributed by atoms with E-state index in [2.05, 4.69) is 10.3 Å². The maximum Gasteiger partial charge on any atom is 0.425 e. The molecule has 25 heavy (non-hydrogen) atoms. The Hall–Kier alpha value is -1.83. The fraction of sp³-hybridized carbons (Fsp3) is 0.647. The van der Waals surface area contributed by atoms with E-state index in [1.807, 2.05) is 0 Å². The number of carbonyl (C=O) groups excluding carboxylic acids is 1. The van der Waals surface area contributed by atoms with Crippen molar-refractivity contribution in [3.05, 3.63) is 23.9 Å². The molecule has 1 saturated carbocycles. The zero-order valence-corrected chi connectivity index (χ0v) is 14.4. The van der Waals surface area contributed by atoms with Crippen LogP contribution in [0, 0.1) is 5.41 Å². The topological polar surface area (TPSA) is 60.5 Å². The summed E-state index contributed by atoms with van der Waals surface area (Å²) >= 11 is 0. The van der Waals surface area contributed by atoms with E-state index in [9.17, 15) is 18.0 Å². The number of methoxy groups -OCH3 is 1. The highest BCUT2D eigenvalue weighted by molar-refractivity contribution is 5.96. The Labute approximate surface area is 144 Å². The van der Waals surface area contributed by atoms with Gasteiger partial charge in [0.2, 0.25) is 5.88 Å². The van der Waals surface area contributed by atoms with Gasteiger partial charge in [-0.2, -0.15) is 13.2 Å². The lowest BCUT2D eigenvalue weighted by Gasteiger charge is -2.42. The van der Waals surface area contributed by atoms with Crippen LogP contribution in [0.25, 0.3) is 0 Å². The van der Waals surface area contributed by atoms with E-state index in [1.165, 1.54) is 18.3 Å². The molecular formula is C17H23F3N2O3. The molecule has 140 valence electrons. The summed E-state index contributed by atoms with van der Waals surface area (Å²) in [6.07, 6.45) is -1.35. The highest BCUT2D eigenvalue weighted by atomic mass is 19.4. The summed E-state index contributed by atoms with van der Waals surface area (Å²) in [6.45, 7) is 1.95. The molecule has 2 rings (SSSR count). The first-order valence-corrected chi connectivity index (χ1v) is 8.23. The SMILES string of the molecule is COCCC1(CNC(=O)c2cccnc2O[C@H](C)C(F)(F)F)CCC1. The van der Waals surface area contributed by atoms with Gasteiger partial charge >= 0.3 is 6.18 Å². The molecule has 0 bridgehead atoms. The number of rotatable bonds is 8. The highest BCUT2D eigenvalue weighted by Crippen LogP contribution is 2.43. The second-order valence-corrected chi connectivity index (χ2v) is 6.44. The molecule has 1 atom stereocenters. The molecule has 1 aromatic rings. The van der Waals surface area contributed by atoms with Crippen LogP contribution in [0.2, 0.25) is 0 Å². The fourth-order valence-corrected chi connectivity index (χ4v) is 2.77. The van der Waals surface area contributed by atoms with E-state index in [1.54, 1.807) is 7.11 Å². The lowest BCUT2D eigenvalue weighted by atomic mass is 9.66. The Morgan fingerprint density at radius 2 is 2.16 bits per heavy atom.